The second-order valence-corrected chi connectivity index (χ2v) is 5.01. The lowest BCUT2D eigenvalue weighted by molar-refractivity contribution is 0.0955. The minimum Gasteiger partial charge on any atom is -0.267 e. The summed E-state index contributed by atoms with van der Waals surface area (Å²) < 4.78 is 0. The van der Waals surface area contributed by atoms with Crippen molar-refractivity contribution < 1.29 is 4.79 Å². The van der Waals surface area contributed by atoms with Crippen LogP contribution in [0.1, 0.15) is 34.8 Å². The number of allylic oxidation sites excluding steroid dienone is 1. The van der Waals surface area contributed by atoms with E-state index in [9.17, 15) is 4.79 Å². The van der Waals surface area contributed by atoms with Gasteiger partial charge in [-0.15, -0.1) is 0 Å². The number of benzene rings is 2. The Morgan fingerprint density at radius 1 is 1.09 bits per heavy atom. The molecule has 0 saturated carbocycles. The largest absolute Gasteiger partial charge is 0.271 e. The Bertz CT molecular complexity index is 670. The van der Waals surface area contributed by atoms with Crippen molar-refractivity contribution in [2.24, 2.45) is 5.10 Å². The van der Waals surface area contributed by atoms with E-state index >= 15 is 0 Å². The zero-order valence-electron chi connectivity index (χ0n) is 12.9. The van der Waals surface area contributed by atoms with Crippen molar-refractivity contribution in [2.45, 2.75) is 20.3 Å². The van der Waals surface area contributed by atoms with E-state index in [1.165, 1.54) is 5.56 Å². The lowest BCUT2D eigenvalue weighted by Gasteiger charge is -2.01. The van der Waals surface area contributed by atoms with Crippen LogP contribution < -0.4 is 5.43 Å². The molecule has 0 heterocycles. The third kappa shape index (κ3) is 4.70. The van der Waals surface area contributed by atoms with Gasteiger partial charge in [-0.1, -0.05) is 61.0 Å². The Balaban J connectivity index is 2.01. The molecule has 0 fully saturated rings. The number of nitrogens with one attached hydrogen (secondary N) is 1. The maximum Gasteiger partial charge on any atom is 0.271 e. The molecule has 2 aromatic rings. The molecule has 1 amide bonds. The summed E-state index contributed by atoms with van der Waals surface area (Å²) in [6, 6.07) is 17.3. The molecule has 0 spiro atoms. The SMILES string of the molecule is CCC(C=Cc1ccc(C)cc1)=NNC(=O)c1ccccc1. The van der Waals surface area contributed by atoms with E-state index in [1.807, 2.05) is 37.3 Å². The van der Waals surface area contributed by atoms with Crippen molar-refractivity contribution in [3.05, 3.63) is 77.4 Å². The van der Waals surface area contributed by atoms with E-state index < -0.39 is 0 Å². The lowest BCUT2D eigenvalue weighted by Crippen LogP contribution is -2.18. The fourth-order valence-electron chi connectivity index (χ4n) is 1.88. The first-order valence-electron chi connectivity index (χ1n) is 7.35. The molecular formula is C19H20N2O. The van der Waals surface area contributed by atoms with Crippen LogP contribution in [-0.4, -0.2) is 11.6 Å². The first kappa shape index (κ1) is 15.7. The highest BCUT2D eigenvalue weighted by Crippen LogP contribution is 2.05. The van der Waals surface area contributed by atoms with Gasteiger partial charge in [0.25, 0.3) is 5.91 Å². The van der Waals surface area contributed by atoms with Crippen LogP contribution in [0.3, 0.4) is 0 Å². The summed E-state index contributed by atoms with van der Waals surface area (Å²) >= 11 is 0. The summed E-state index contributed by atoms with van der Waals surface area (Å²) in [5.41, 5.74) is 6.36. The first-order valence-corrected chi connectivity index (χ1v) is 7.35. The number of aryl methyl sites for hydroxylation is 1. The summed E-state index contributed by atoms with van der Waals surface area (Å²) in [4.78, 5) is 11.9. The Morgan fingerprint density at radius 3 is 2.41 bits per heavy atom. The molecular weight excluding hydrogens is 272 g/mol. The van der Waals surface area contributed by atoms with Gasteiger partial charge in [0.1, 0.15) is 0 Å². The average Bonchev–Trinajstić information content (AvgIpc) is 2.57. The van der Waals surface area contributed by atoms with Gasteiger partial charge in [0.15, 0.2) is 0 Å². The van der Waals surface area contributed by atoms with Crippen molar-refractivity contribution in [1.82, 2.24) is 5.43 Å². The number of carbonyl (C=O) groups excluding carboxylic acids is 1. The molecule has 0 saturated heterocycles. The maximum absolute atomic E-state index is 11.9. The van der Waals surface area contributed by atoms with Gasteiger partial charge in [0.05, 0.1) is 5.71 Å². The molecule has 22 heavy (non-hydrogen) atoms. The lowest BCUT2D eigenvalue weighted by atomic mass is 10.1. The molecule has 0 aliphatic carbocycles. The molecule has 0 aliphatic heterocycles. The monoisotopic (exact) mass is 292 g/mol. The highest BCUT2D eigenvalue weighted by atomic mass is 16.2. The van der Waals surface area contributed by atoms with Gasteiger partial charge >= 0.3 is 0 Å². The minimum absolute atomic E-state index is 0.199. The highest BCUT2D eigenvalue weighted by molar-refractivity contribution is 6.00. The van der Waals surface area contributed by atoms with Crippen molar-refractivity contribution in [3.8, 4) is 0 Å². The fourth-order valence-corrected chi connectivity index (χ4v) is 1.88. The van der Waals surface area contributed by atoms with Gasteiger partial charge in [-0.25, -0.2) is 5.43 Å². The summed E-state index contributed by atoms with van der Waals surface area (Å²) in [5, 5.41) is 4.18. The van der Waals surface area contributed by atoms with Gasteiger partial charge in [0, 0.05) is 5.56 Å². The molecule has 0 unspecified atom stereocenters. The smallest absolute Gasteiger partial charge is 0.267 e. The Labute approximate surface area is 131 Å². The van der Waals surface area contributed by atoms with Crippen molar-refractivity contribution in [3.63, 3.8) is 0 Å². The average molecular weight is 292 g/mol. The quantitative estimate of drug-likeness (QED) is 0.651. The van der Waals surface area contributed by atoms with E-state index in [0.717, 1.165) is 17.7 Å². The molecule has 3 heteroatoms. The normalized spacial score (nSPS) is 11.6. The molecule has 3 nitrogen and oxygen atoms in total. The summed E-state index contributed by atoms with van der Waals surface area (Å²) in [7, 11) is 0. The Hall–Kier alpha value is -2.68. The zero-order chi connectivity index (χ0) is 15.8. The second-order valence-electron chi connectivity index (χ2n) is 5.01. The highest BCUT2D eigenvalue weighted by Gasteiger charge is 2.02. The van der Waals surface area contributed by atoms with Crippen LogP contribution >= 0.6 is 0 Å². The van der Waals surface area contributed by atoms with Gasteiger partial charge < -0.3 is 0 Å². The van der Waals surface area contributed by atoms with Crippen molar-refractivity contribution in [2.75, 3.05) is 0 Å². The Morgan fingerprint density at radius 2 is 1.77 bits per heavy atom. The van der Waals surface area contributed by atoms with E-state index in [-0.39, 0.29) is 5.91 Å². The molecule has 112 valence electrons. The van der Waals surface area contributed by atoms with Crippen LogP contribution in [0.15, 0.2) is 65.8 Å². The molecule has 0 bridgehead atoms. The van der Waals surface area contributed by atoms with Gasteiger partial charge in [-0.2, -0.15) is 5.10 Å². The van der Waals surface area contributed by atoms with Crippen molar-refractivity contribution >= 4 is 17.7 Å². The molecule has 0 radical (unpaired) electrons. The molecule has 1 N–H and O–H groups in total. The van der Waals surface area contributed by atoms with Crippen LogP contribution in [0, 0.1) is 6.92 Å². The van der Waals surface area contributed by atoms with Crippen LogP contribution in [0.2, 0.25) is 0 Å². The standard InChI is InChI=1S/C19H20N2O/c1-3-18(14-13-16-11-9-15(2)10-12-16)20-21-19(22)17-7-5-4-6-8-17/h4-14H,3H2,1-2H3,(H,21,22). The molecule has 0 aromatic heterocycles. The second kappa shape index (κ2) is 7.93. The Kier molecular flexibility index (Phi) is 5.66. The molecule has 0 atom stereocenters. The van der Waals surface area contributed by atoms with E-state index in [0.29, 0.717) is 5.56 Å². The number of hydrazone groups is 1. The van der Waals surface area contributed by atoms with Gasteiger partial charge in [0.2, 0.25) is 0 Å². The number of hydrogen-bond donors (Lipinski definition) is 1. The summed E-state index contributed by atoms with van der Waals surface area (Å²) in [6.07, 6.45) is 4.67. The predicted molar refractivity (Wildman–Crippen MR) is 91.8 cm³/mol. The molecule has 0 aliphatic rings. The van der Waals surface area contributed by atoms with Crippen LogP contribution in [0.5, 0.6) is 0 Å². The number of amides is 1. The zero-order valence-corrected chi connectivity index (χ0v) is 12.9. The number of rotatable bonds is 5. The number of carbonyl (C=O) groups is 1. The minimum atomic E-state index is -0.199. The van der Waals surface area contributed by atoms with E-state index in [4.69, 9.17) is 0 Å². The van der Waals surface area contributed by atoms with Crippen molar-refractivity contribution in [1.29, 1.82) is 0 Å². The summed E-state index contributed by atoms with van der Waals surface area (Å²) in [5.74, 6) is -0.199. The predicted octanol–water partition coefficient (Wildman–Crippen LogP) is 4.20. The maximum atomic E-state index is 11.9. The number of hydrogen-bond acceptors (Lipinski definition) is 2. The van der Waals surface area contributed by atoms with E-state index in [2.05, 4.69) is 41.7 Å². The van der Waals surface area contributed by atoms with E-state index in [1.54, 1.807) is 12.1 Å². The van der Waals surface area contributed by atoms with Crippen LogP contribution in [-0.2, 0) is 0 Å². The number of nitrogens with zero attached hydrogens (tertiary/aromatic N) is 1. The third-order valence-corrected chi connectivity index (χ3v) is 3.24. The van der Waals surface area contributed by atoms with Gasteiger partial charge in [-0.05, 0) is 37.1 Å². The molecule has 2 rings (SSSR count). The van der Waals surface area contributed by atoms with Crippen LogP contribution in [0.4, 0.5) is 0 Å². The fraction of sp³-hybridized carbons (Fsp3) is 0.158. The summed E-state index contributed by atoms with van der Waals surface area (Å²) in [6.45, 7) is 4.07. The van der Waals surface area contributed by atoms with Gasteiger partial charge in [-0.3, -0.25) is 4.79 Å². The first-order chi connectivity index (χ1) is 10.7. The topological polar surface area (TPSA) is 41.5 Å². The third-order valence-electron chi connectivity index (χ3n) is 3.24. The molecule has 2 aromatic carbocycles. The van der Waals surface area contributed by atoms with Crippen LogP contribution in [0.25, 0.3) is 6.08 Å².